The molecule has 0 spiro atoms. The molecule has 0 atom stereocenters. The Balaban J connectivity index is 1.52. The van der Waals surface area contributed by atoms with Crippen LogP contribution in [0.3, 0.4) is 0 Å². The minimum Gasteiger partial charge on any atom is -0.338 e. The molecular weight excluding hydrogens is 301 g/mol. The van der Waals surface area contributed by atoms with Crippen molar-refractivity contribution in [1.82, 2.24) is 15.2 Å². The van der Waals surface area contributed by atoms with E-state index < -0.39 is 0 Å². The van der Waals surface area contributed by atoms with Crippen LogP contribution in [0.25, 0.3) is 11.3 Å². The van der Waals surface area contributed by atoms with Crippen molar-refractivity contribution in [3.05, 3.63) is 40.5 Å². The quantitative estimate of drug-likeness (QED) is 0.940. The molecule has 1 N–H and O–H groups in total. The summed E-state index contributed by atoms with van der Waals surface area (Å²) < 4.78 is 13.2. The van der Waals surface area contributed by atoms with Crippen LogP contribution in [-0.4, -0.2) is 35.5 Å². The fourth-order valence-corrected chi connectivity index (χ4v) is 3.32. The molecule has 6 heteroatoms. The summed E-state index contributed by atoms with van der Waals surface area (Å²) in [6.45, 7) is 2.28. The van der Waals surface area contributed by atoms with Crippen molar-refractivity contribution in [2.45, 2.75) is 19.3 Å². The highest BCUT2D eigenvalue weighted by molar-refractivity contribution is 7.09. The maximum atomic E-state index is 13.2. The Hall–Kier alpha value is -1.95. The van der Waals surface area contributed by atoms with Gasteiger partial charge in [0.1, 0.15) is 5.82 Å². The molecule has 2 heterocycles. The van der Waals surface area contributed by atoms with E-state index in [1.54, 1.807) is 6.07 Å². The second kappa shape index (κ2) is 6.87. The molecule has 116 valence electrons. The summed E-state index contributed by atoms with van der Waals surface area (Å²) in [5.41, 5.74) is 1.56. The molecule has 0 saturated carbocycles. The molecule has 1 aromatic carbocycles. The first kappa shape index (κ1) is 15.0. The smallest absolute Gasteiger partial charge is 0.317 e. The van der Waals surface area contributed by atoms with Crippen LogP contribution in [0.5, 0.6) is 0 Å². The van der Waals surface area contributed by atoms with Crippen molar-refractivity contribution in [1.29, 1.82) is 0 Å². The highest BCUT2D eigenvalue weighted by atomic mass is 32.1. The van der Waals surface area contributed by atoms with Gasteiger partial charge in [0.2, 0.25) is 0 Å². The summed E-state index contributed by atoms with van der Waals surface area (Å²) in [5.74, 6) is -0.259. The highest BCUT2D eigenvalue weighted by Gasteiger charge is 2.17. The van der Waals surface area contributed by atoms with E-state index in [0.717, 1.165) is 42.2 Å². The number of rotatable bonds is 4. The van der Waals surface area contributed by atoms with Gasteiger partial charge >= 0.3 is 6.03 Å². The first-order valence-corrected chi connectivity index (χ1v) is 8.33. The number of amides is 2. The Kier molecular flexibility index (Phi) is 4.68. The Morgan fingerprint density at radius 3 is 2.95 bits per heavy atom. The van der Waals surface area contributed by atoms with E-state index in [1.165, 1.54) is 23.5 Å². The van der Waals surface area contributed by atoms with Crippen LogP contribution in [0.4, 0.5) is 9.18 Å². The summed E-state index contributed by atoms with van der Waals surface area (Å²) >= 11 is 1.54. The summed E-state index contributed by atoms with van der Waals surface area (Å²) in [7, 11) is 0. The van der Waals surface area contributed by atoms with E-state index in [1.807, 2.05) is 16.3 Å². The first-order valence-electron chi connectivity index (χ1n) is 7.45. The van der Waals surface area contributed by atoms with E-state index in [2.05, 4.69) is 10.3 Å². The molecule has 3 rings (SSSR count). The van der Waals surface area contributed by atoms with Gasteiger partial charge in [-0.15, -0.1) is 11.3 Å². The number of hydrogen-bond donors (Lipinski definition) is 1. The largest absolute Gasteiger partial charge is 0.338 e. The van der Waals surface area contributed by atoms with Crippen LogP contribution in [0.2, 0.25) is 0 Å². The number of carbonyl (C=O) groups is 1. The maximum absolute atomic E-state index is 13.2. The fraction of sp³-hybridized carbons (Fsp3) is 0.375. The van der Waals surface area contributed by atoms with E-state index in [0.29, 0.717) is 13.0 Å². The molecule has 1 fully saturated rings. The summed E-state index contributed by atoms with van der Waals surface area (Å²) in [5, 5.41) is 5.79. The number of hydrogen-bond acceptors (Lipinski definition) is 3. The monoisotopic (exact) mass is 319 g/mol. The van der Waals surface area contributed by atoms with Crippen molar-refractivity contribution in [2.24, 2.45) is 0 Å². The first-order chi connectivity index (χ1) is 10.7. The van der Waals surface area contributed by atoms with Gasteiger partial charge in [0.25, 0.3) is 0 Å². The fourth-order valence-electron chi connectivity index (χ4n) is 2.51. The van der Waals surface area contributed by atoms with Gasteiger partial charge in [-0.2, -0.15) is 0 Å². The summed E-state index contributed by atoms with van der Waals surface area (Å²) in [6.07, 6.45) is 2.88. The van der Waals surface area contributed by atoms with Crippen molar-refractivity contribution < 1.29 is 9.18 Å². The molecule has 2 amide bonds. The maximum Gasteiger partial charge on any atom is 0.317 e. The molecule has 1 aliphatic heterocycles. The number of likely N-dealkylation sites (tertiary alicyclic amines) is 1. The molecule has 4 nitrogen and oxygen atoms in total. The SMILES string of the molecule is O=C(NCCc1nc(-c2cccc(F)c2)cs1)N1CCCC1. The zero-order valence-electron chi connectivity index (χ0n) is 12.2. The molecule has 0 unspecified atom stereocenters. The summed E-state index contributed by atoms with van der Waals surface area (Å²) in [4.78, 5) is 18.2. The normalized spacial score (nSPS) is 14.3. The van der Waals surface area contributed by atoms with Crippen molar-refractivity contribution >= 4 is 17.4 Å². The molecule has 1 aromatic heterocycles. The van der Waals surface area contributed by atoms with E-state index in [4.69, 9.17) is 0 Å². The lowest BCUT2D eigenvalue weighted by Crippen LogP contribution is -2.38. The number of halogens is 1. The molecule has 0 aliphatic carbocycles. The number of nitrogens with one attached hydrogen (secondary N) is 1. The topological polar surface area (TPSA) is 45.2 Å². The average Bonchev–Trinajstić information content (AvgIpc) is 3.19. The standard InChI is InChI=1S/C16H18FN3OS/c17-13-5-3-4-12(10-13)14-11-22-15(19-14)6-7-18-16(21)20-8-1-2-9-20/h3-5,10-11H,1-2,6-9H2,(H,18,21). The number of nitrogens with zero attached hydrogens (tertiary/aromatic N) is 2. The van der Waals surface area contributed by atoms with Crippen LogP contribution in [0.1, 0.15) is 17.8 Å². The average molecular weight is 319 g/mol. The molecule has 0 bridgehead atoms. The molecular formula is C16H18FN3OS. The van der Waals surface area contributed by atoms with Gasteiger partial charge in [-0.3, -0.25) is 0 Å². The number of urea groups is 1. The van der Waals surface area contributed by atoms with Gasteiger partial charge in [-0.1, -0.05) is 12.1 Å². The molecule has 1 saturated heterocycles. The Bertz CT molecular complexity index is 652. The van der Waals surface area contributed by atoms with Crippen LogP contribution < -0.4 is 5.32 Å². The van der Waals surface area contributed by atoms with E-state index in [-0.39, 0.29) is 11.8 Å². The van der Waals surface area contributed by atoms with Crippen LogP contribution >= 0.6 is 11.3 Å². The van der Waals surface area contributed by atoms with Crippen LogP contribution in [-0.2, 0) is 6.42 Å². The Labute approximate surface area is 133 Å². The van der Waals surface area contributed by atoms with E-state index >= 15 is 0 Å². The molecule has 2 aromatic rings. The van der Waals surface area contributed by atoms with Gasteiger partial charge in [-0.25, -0.2) is 14.2 Å². The lowest BCUT2D eigenvalue weighted by molar-refractivity contribution is 0.209. The van der Waals surface area contributed by atoms with Crippen LogP contribution in [0.15, 0.2) is 29.6 Å². The number of thiazole rings is 1. The number of aromatic nitrogens is 1. The second-order valence-corrected chi connectivity index (χ2v) is 6.26. The highest BCUT2D eigenvalue weighted by Crippen LogP contribution is 2.22. The minimum absolute atomic E-state index is 0.0133. The second-order valence-electron chi connectivity index (χ2n) is 5.31. The third kappa shape index (κ3) is 3.62. The van der Waals surface area contributed by atoms with Gasteiger partial charge in [0.15, 0.2) is 0 Å². The third-order valence-electron chi connectivity index (χ3n) is 3.68. The van der Waals surface area contributed by atoms with Gasteiger partial charge in [0.05, 0.1) is 10.7 Å². The van der Waals surface area contributed by atoms with Gasteiger partial charge in [0, 0.05) is 37.0 Å². The van der Waals surface area contributed by atoms with Crippen molar-refractivity contribution in [3.63, 3.8) is 0 Å². The molecule has 0 radical (unpaired) electrons. The predicted octanol–water partition coefficient (Wildman–Crippen LogP) is 3.30. The van der Waals surface area contributed by atoms with Gasteiger partial charge < -0.3 is 10.2 Å². The van der Waals surface area contributed by atoms with Crippen molar-refractivity contribution in [2.75, 3.05) is 19.6 Å². The lowest BCUT2D eigenvalue weighted by Gasteiger charge is -2.15. The Morgan fingerprint density at radius 1 is 1.36 bits per heavy atom. The number of carbonyl (C=O) groups excluding carboxylic acids is 1. The van der Waals surface area contributed by atoms with Gasteiger partial charge in [-0.05, 0) is 25.0 Å². The van der Waals surface area contributed by atoms with E-state index in [9.17, 15) is 9.18 Å². The third-order valence-corrected chi connectivity index (χ3v) is 4.59. The predicted molar refractivity (Wildman–Crippen MR) is 85.4 cm³/mol. The Morgan fingerprint density at radius 2 is 2.18 bits per heavy atom. The van der Waals surface area contributed by atoms with Crippen molar-refractivity contribution in [3.8, 4) is 11.3 Å². The minimum atomic E-state index is -0.259. The zero-order chi connectivity index (χ0) is 15.4. The zero-order valence-corrected chi connectivity index (χ0v) is 13.0. The lowest BCUT2D eigenvalue weighted by atomic mass is 10.2. The number of benzene rings is 1. The van der Waals surface area contributed by atoms with Crippen LogP contribution in [0, 0.1) is 5.82 Å². The molecule has 22 heavy (non-hydrogen) atoms. The summed E-state index contributed by atoms with van der Waals surface area (Å²) in [6, 6.07) is 6.44. The molecule has 1 aliphatic rings.